The Bertz CT molecular complexity index is 463. The Balaban J connectivity index is 1.88. The Morgan fingerprint density at radius 3 is 2.55 bits per heavy atom. The molecule has 4 nitrogen and oxygen atoms in total. The summed E-state index contributed by atoms with van der Waals surface area (Å²) in [6.07, 6.45) is 3.30. The number of ether oxygens (including phenoxy) is 1. The highest BCUT2D eigenvalue weighted by molar-refractivity contribution is 5.88. The summed E-state index contributed by atoms with van der Waals surface area (Å²) < 4.78 is 4.78. The number of piperidine rings is 1. The maximum absolute atomic E-state index is 11.6. The average Bonchev–Trinajstić information content (AvgIpc) is 2.50. The number of likely N-dealkylation sites (tertiary alicyclic amines) is 1. The molecule has 1 aromatic rings. The SMILES string of the molecule is COC(=O)/C(=C/N)C1CCN(Cc2ccccc2)CC1. The van der Waals surface area contributed by atoms with Gasteiger partial charge in [0.25, 0.3) is 0 Å². The van der Waals surface area contributed by atoms with Crippen LogP contribution in [0.1, 0.15) is 18.4 Å². The van der Waals surface area contributed by atoms with Crippen LogP contribution in [0.3, 0.4) is 0 Å². The predicted molar refractivity (Wildman–Crippen MR) is 78.7 cm³/mol. The number of benzene rings is 1. The number of hydrogen-bond acceptors (Lipinski definition) is 4. The minimum absolute atomic E-state index is 0.222. The van der Waals surface area contributed by atoms with E-state index in [0.29, 0.717) is 5.57 Å². The van der Waals surface area contributed by atoms with Crippen LogP contribution < -0.4 is 5.73 Å². The summed E-state index contributed by atoms with van der Waals surface area (Å²) in [5, 5.41) is 0. The quantitative estimate of drug-likeness (QED) is 0.673. The van der Waals surface area contributed by atoms with Crippen LogP contribution in [0.15, 0.2) is 42.1 Å². The third-order valence-electron chi connectivity index (χ3n) is 3.88. The van der Waals surface area contributed by atoms with Crippen LogP contribution in [0.4, 0.5) is 0 Å². The first-order valence-corrected chi connectivity index (χ1v) is 7.01. The molecule has 0 saturated carbocycles. The van der Waals surface area contributed by atoms with Crippen molar-refractivity contribution in [1.29, 1.82) is 0 Å². The summed E-state index contributed by atoms with van der Waals surface area (Å²) in [7, 11) is 1.40. The number of methoxy groups -OCH3 is 1. The second-order valence-electron chi connectivity index (χ2n) is 5.15. The predicted octanol–water partition coefficient (Wildman–Crippen LogP) is 1.91. The fraction of sp³-hybridized carbons (Fsp3) is 0.438. The molecule has 2 N–H and O–H groups in total. The van der Waals surface area contributed by atoms with Crippen LogP contribution in [0.5, 0.6) is 0 Å². The van der Waals surface area contributed by atoms with E-state index in [1.807, 2.05) is 6.07 Å². The van der Waals surface area contributed by atoms with E-state index in [1.165, 1.54) is 18.9 Å². The van der Waals surface area contributed by atoms with Gasteiger partial charge in [0.2, 0.25) is 0 Å². The van der Waals surface area contributed by atoms with Gasteiger partial charge in [-0.1, -0.05) is 30.3 Å². The smallest absolute Gasteiger partial charge is 0.335 e. The van der Waals surface area contributed by atoms with Gasteiger partial charge in [0, 0.05) is 12.7 Å². The molecule has 0 aliphatic carbocycles. The van der Waals surface area contributed by atoms with E-state index in [9.17, 15) is 4.79 Å². The Labute approximate surface area is 120 Å². The molecule has 1 saturated heterocycles. The van der Waals surface area contributed by atoms with Gasteiger partial charge in [-0.25, -0.2) is 4.79 Å². The Kier molecular flexibility index (Phi) is 5.18. The number of rotatable bonds is 4. The average molecular weight is 274 g/mol. The first kappa shape index (κ1) is 14.6. The molecule has 4 heteroatoms. The van der Waals surface area contributed by atoms with Crippen LogP contribution in [-0.2, 0) is 16.1 Å². The molecule has 1 heterocycles. The van der Waals surface area contributed by atoms with Gasteiger partial charge in [-0.15, -0.1) is 0 Å². The van der Waals surface area contributed by atoms with Crippen LogP contribution in [0.2, 0.25) is 0 Å². The van der Waals surface area contributed by atoms with Crippen molar-refractivity contribution in [3.05, 3.63) is 47.7 Å². The van der Waals surface area contributed by atoms with Gasteiger partial charge >= 0.3 is 5.97 Å². The Morgan fingerprint density at radius 1 is 1.35 bits per heavy atom. The number of carbonyl (C=O) groups is 1. The minimum atomic E-state index is -0.297. The molecule has 1 fully saturated rings. The van der Waals surface area contributed by atoms with Crippen molar-refractivity contribution in [1.82, 2.24) is 4.90 Å². The van der Waals surface area contributed by atoms with E-state index < -0.39 is 0 Å². The maximum atomic E-state index is 11.6. The van der Waals surface area contributed by atoms with Crippen LogP contribution >= 0.6 is 0 Å². The zero-order valence-electron chi connectivity index (χ0n) is 11.9. The van der Waals surface area contributed by atoms with E-state index in [1.54, 1.807) is 0 Å². The highest BCUT2D eigenvalue weighted by Crippen LogP contribution is 2.25. The van der Waals surface area contributed by atoms with Crippen molar-refractivity contribution in [3.8, 4) is 0 Å². The third-order valence-corrected chi connectivity index (χ3v) is 3.88. The second-order valence-corrected chi connectivity index (χ2v) is 5.15. The zero-order chi connectivity index (χ0) is 14.4. The van der Waals surface area contributed by atoms with Crippen LogP contribution in [-0.4, -0.2) is 31.1 Å². The van der Waals surface area contributed by atoms with Crippen LogP contribution in [0.25, 0.3) is 0 Å². The van der Waals surface area contributed by atoms with E-state index in [0.717, 1.165) is 32.5 Å². The Hall–Kier alpha value is -1.81. The number of carbonyl (C=O) groups excluding carboxylic acids is 1. The summed E-state index contributed by atoms with van der Waals surface area (Å²) in [5.41, 5.74) is 7.51. The number of esters is 1. The molecule has 0 aromatic heterocycles. The molecule has 2 rings (SSSR count). The molecule has 0 radical (unpaired) electrons. The normalized spacial score (nSPS) is 17.9. The van der Waals surface area contributed by atoms with Crippen molar-refractivity contribution in [2.24, 2.45) is 11.7 Å². The van der Waals surface area contributed by atoms with Gasteiger partial charge in [0.15, 0.2) is 0 Å². The van der Waals surface area contributed by atoms with Crippen molar-refractivity contribution < 1.29 is 9.53 Å². The van der Waals surface area contributed by atoms with E-state index in [2.05, 4.69) is 29.2 Å². The summed E-state index contributed by atoms with van der Waals surface area (Å²) in [5.74, 6) is -0.0755. The van der Waals surface area contributed by atoms with Gasteiger partial charge in [-0.3, -0.25) is 4.90 Å². The fourth-order valence-electron chi connectivity index (χ4n) is 2.73. The molecule has 0 unspecified atom stereocenters. The maximum Gasteiger partial charge on any atom is 0.335 e. The molecule has 0 atom stereocenters. The van der Waals surface area contributed by atoms with E-state index >= 15 is 0 Å². The van der Waals surface area contributed by atoms with E-state index in [4.69, 9.17) is 10.5 Å². The molecule has 1 aromatic carbocycles. The minimum Gasteiger partial charge on any atom is -0.466 e. The Morgan fingerprint density at radius 2 is 2.00 bits per heavy atom. The lowest BCUT2D eigenvalue weighted by Gasteiger charge is -2.32. The standard InChI is InChI=1S/C16H22N2O2/c1-20-16(19)15(11-17)14-7-9-18(10-8-14)12-13-5-3-2-4-6-13/h2-6,11,14H,7-10,12,17H2,1H3/b15-11+. The summed E-state index contributed by atoms with van der Waals surface area (Å²) in [4.78, 5) is 14.0. The third kappa shape index (κ3) is 3.61. The molecule has 108 valence electrons. The molecule has 0 spiro atoms. The lowest BCUT2D eigenvalue weighted by Crippen LogP contribution is -2.35. The summed E-state index contributed by atoms with van der Waals surface area (Å²) in [6.45, 7) is 2.93. The molecular formula is C16H22N2O2. The lowest BCUT2D eigenvalue weighted by atomic mass is 9.89. The molecule has 20 heavy (non-hydrogen) atoms. The van der Waals surface area contributed by atoms with Crippen LogP contribution in [0, 0.1) is 5.92 Å². The number of nitrogens with zero attached hydrogens (tertiary/aromatic N) is 1. The monoisotopic (exact) mass is 274 g/mol. The zero-order valence-corrected chi connectivity index (χ0v) is 11.9. The molecule has 1 aliphatic rings. The first-order chi connectivity index (χ1) is 9.74. The van der Waals surface area contributed by atoms with Gasteiger partial charge < -0.3 is 10.5 Å². The summed E-state index contributed by atoms with van der Waals surface area (Å²) in [6, 6.07) is 10.4. The second kappa shape index (κ2) is 7.10. The topological polar surface area (TPSA) is 55.6 Å². The number of hydrogen-bond donors (Lipinski definition) is 1. The molecule has 1 aliphatic heterocycles. The van der Waals surface area contributed by atoms with Crippen molar-refractivity contribution in [2.75, 3.05) is 20.2 Å². The van der Waals surface area contributed by atoms with Gasteiger partial charge in [-0.2, -0.15) is 0 Å². The lowest BCUT2D eigenvalue weighted by molar-refractivity contribution is -0.136. The van der Waals surface area contributed by atoms with Gasteiger partial charge in [0.1, 0.15) is 0 Å². The van der Waals surface area contributed by atoms with Crippen molar-refractivity contribution in [3.63, 3.8) is 0 Å². The fourth-order valence-corrected chi connectivity index (χ4v) is 2.73. The number of nitrogens with two attached hydrogens (primary N) is 1. The van der Waals surface area contributed by atoms with Gasteiger partial charge in [-0.05, 0) is 37.4 Å². The molecular weight excluding hydrogens is 252 g/mol. The largest absolute Gasteiger partial charge is 0.466 e. The highest BCUT2D eigenvalue weighted by atomic mass is 16.5. The molecule has 0 amide bonds. The highest BCUT2D eigenvalue weighted by Gasteiger charge is 2.26. The van der Waals surface area contributed by atoms with Crippen molar-refractivity contribution in [2.45, 2.75) is 19.4 Å². The van der Waals surface area contributed by atoms with E-state index in [-0.39, 0.29) is 11.9 Å². The molecule has 0 bridgehead atoms. The van der Waals surface area contributed by atoms with Gasteiger partial charge in [0.05, 0.1) is 12.7 Å². The first-order valence-electron chi connectivity index (χ1n) is 7.01. The summed E-state index contributed by atoms with van der Waals surface area (Å²) >= 11 is 0. The van der Waals surface area contributed by atoms with Crippen molar-refractivity contribution >= 4 is 5.97 Å².